The lowest BCUT2D eigenvalue weighted by molar-refractivity contribution is 0.341. The topological polar surface area (TPSA) is 37.9 Å². The molecule has 5 heteroatoms. The van der Waals surface area contributed by atoms with Gasteiger partial charge in [-0.25, -0.2) is 0 Å². The van der Waals surface area contributed by atoms with Crippen molar-refractivity contribution in [3.8, 4) is 16.3 Å². The van der Waals surface area contributed by atoms with E-state index in [1.165, 1.54) is 11.3 Å². The smallest absolute Gasteiger partial charge is 0.176 e. The van der Waals surface area contributed by atoms with Crippen molar-refractivity contribution in [3.05, 3.63) is 28.2 Å². The molecular weight excluding hydrogens is 228 g/mol. The van der Waals surface area contributed by atoms with Crippen LogP contribution < -0.4 is 4.74 Å². The number of hydrogen-bond acceptors (Lipinski definition) is 4. The summed E-state index contributed by atoms with van der Waals surface area (Å²) in [5.74, 6) is 0.845. The maximum absolute atomic E-state index is 5.52. The summed E-state index contributed by atoms with van der Waals surface area (Å²) in [6.07, 6.45) is 0. The van der Waals surface area contributed by atoms with E-state index in [0.29, 0.717) is 10.6 Å². The van der Waals surface area contributed by atoms with Gasteiger partial charge >= 0.3 is 0 Å². The van der Waals surface area contributed by atoms with Gasteiger partial charge in [0.25, 0.3) is 0 Å². The summed E-state index contributed by atoms with van der Waals surface area (Å²) >= 11 is 6.45. The quantitative estimate of drug-likeness (QED) is 0.834. The number of rotatable bonds is 3. The SMILES string of the molecule is CCOc1ccccc1-c1n[nH]c(=S)s1. The fraction of sp³-hybridized carbons (Fsp3) is 0.200. The second kappa shape index (κ2) is 4.55. The largest absolute Gasteiger partial charge is 0.493 e. The predicted octanol–water partition coefficient (Wildman–Crippen LogP) is 3.27. The number of aromatic nitrogens is 2. The van der Waals surface area contributed by atoms with Crippen molar-refractivity contribution in [2.75, 3.05) is 6.61 Å². The van der Waals surface area contributed by atoms with Gasteiger partial charge in [-0.3, -0.25) is 5.10 Å². The second-order valence-corrected chi connectivity index (χ2v) is 4.51. The van der Waals surface area contributed by atoms with E-state index >= 15 is 0 Å². The highest BCUT2D eigenvalue weighted by Gasteiger charge is 2.08. The fourth-order valence-corrected chi connectivity index (χ4v) is 2.19. The van der Waals surface area contributed by atoms with Crippen molar-refractivity contribution in [2.45, 2.75) is 6.92 Å². The summed E-state index contributed by atoms with van der Waals surface area (Å²) in [4.78, 5) is 0. The second-order valence-electron chi connectivity index (χ2n) is 2.85. The molecule has 1 N–H and O–H groups in total. The van der Waals surface area contributed by atoms with Gasteiger partial charge in [0.1, 0.15) is 10.8 Å². The molecule has 2 aromatic rings. The first-order chi connectivity index (χ1) is 7.31. The van der Waals surface area contributed by atoms with E-state index in [4.69, 9.17) is 17.0 Å². The number of nitrogens with zero attached hydrogens (tertiary/aromatic N) is 1. The van der Waals surface area contributed by atoms with E-state index < -0.39 is 0 Å². The average molecular weight is 238 g/mol. The van der Waals surface area contributed by atoms with Gasteiger partial charge in [0.05, 0.1) is 12.2 Å². The van der Waals surface area contributed by atoms with Gasteiger partial charge < -0.3 is 4.74 Å². The maximum atomic E-state index is 5.52. The van der Waals surface area contributed by atoms with Crippen LogP contribution in [0.1, 0.15) is 6.92 Å². The Morgan fingerprint density at radius 2 is 2.27 bits per heavy atom. The Hall–Kier alpha value is -1.20. The Labute approximate surface area is 96.7 Å². The van der Waals surface area contributed by atoms with Gasteiger partial charge in [0, 0.05) is 0 Å². The van der Waals surface area contributed by atoms with E-state index in [0.717, 1.165) is 16.3 Å². The Morgan fingerprint density at radius 1 is 1.47 bits per heavy atom. The molecule has 1 aromatic heterocycles. The van der Waals surface area contributed by atoms with Crippen LogP contribution >= 0.6 is 23.6 Å². The van der Waals surface area contributed by atoms with Crippen LogP contribution in [0.3, 0.4) is 0 Å². The lowest BCUT2D eigenvalue weighted by atomic mass is 10.2. The molecule has 0 atom stereocenters. The van der Waals surface area contributed by atoms with Gasteiger partial charge in [-0.05, 0) is 31.3 Å². The molecular formula is C10H10N2OS2. The summed E-state index contributed by atoms with van der Waals surface area (Å²) in [7, 11) is 0. The van der Waals surface area contributed by atoms with Crippen LogP contribution in [0.4, 0.5) is 0 Å². The third-order valence-corrected chi connectivity index (χ3v) is 2.98. The number of para-hydroxylation sites is 1. The molecule has 0 aliphatic heterocycles. The highest BCUT2D eigenvalue weighted by atomic mass is 32.1. The predicted molar refractivity (Wildman–Crippen MR) is 63.9 cm³/mol. The van der Waals surface area contributed by atoms with Crippen molar-refractivity contribution < 1.29 is 4.74 Å². The normalized spacial score (nSPS) is 10.2. The van der Waals surface area contributed by atoms with Crippen LogP contribution in [-0.2, 0) is 0 Å². The van der Waals surface area contributed by atoms with Crippen LogP contribution in [0, 0.1) is 3.95 Å². The number of nitrogens with one attached hydrogen (secondary N) is 1. The first-order valence-corrected chi connectivity index (χ1v) is 5.81. The first kappa shape index (κ1) is 10.3. The third kappa shape index (κ3) is 2.24. The molecule has 0 saturated heterocycles. The summed E-state index contributed by atoms with van der Waals surface area (Å²) in [6.45, 7) is 2.61. The molecule has 0 spiro atoms. The van der Waals surface area contributed by atoms with Gasteiger partial charge in [0.15, 0.2) is 3.95 Å². The van der Waals surface area contributed by atoms with Crippen molar-refractivity contribution >= 4 is 23.6 Å². The minimum Gasteiger partial charge on any atom is -0.493 e. The van der Waals surface area contributed by atoms with E-state index in [9.17, 15) is 0 Å². The molecule has 0 fully saturated rings. The van der Waals surface area contributed by atoms with Crippen molar-refractivity contribution in [2.24, 2.45) is 0 Å². The van der Waals surface area contributed by atoms with Gasteiger partial charge in [-0.2, -0.15) is 5.10 Å². The maximum Gasteiger partial charge on any atom is 0.176 e. The minimum absolute atomic E-state index is 0.646. The Morgan fingerprint density at radius 3 is 2.93 bits per heavy atom. The molecule has 0 bridgehead atoms. The zero-order valence-electron chi connectivity index (χ0n) is 8.19. The minimum atomic E-state index is 0.646. The molecule has 2 rings (SSSR count). The van der Waals surface area contributed by atoms with Crippen LogP contribution in [0.5, 0.6) is 5.75 Å². The van der Waals surface area contributed by atoms with Crippen LogP contribution in [0.2, 0.25) is 0 Å². The summed E-state index contributed by atoms with van der Waals surface area (Å²) in [5.41, 5.74) is 0.983. The highest BCUT2D eigenvalue weighted by molar-refractivity contribution is 7.73. The molecule has 0 saturated carbocycles. The number of ether oxygens (including phenoxy) is 1. The molecule has 0 radical (unpaired) electrons. The Balaban J connectivity index is 2.47. The van der Waals surface area contributed by atoms with Crippen LogP contribution in [0.25, 0.3) is 10.6 Å². The summed E-state index contributed by atoms with van der Waals surface area (Å²) in [5, 5.41) is 7.77. The van der Waals surface area contributed by atoms with Gasteiger partial charge in [-0.1, -0.05) is 23.5 Å². The van der Waals surface area contributed by atoms with E-state index in [1.54, 1.807) is 0 Å². The number of H-pyrrole nitrogens is 1. The highest BCUT2D eigenvalue weighted by Crippen LogP contribution is 2.30. The summed E-state index contributed by atoms with van der Waals surface area (Å²) in [6, 6.07) is 7.82. The molecule has 78 valence electrons. The Bertz CT molecular complexity index is 504. The molecule has 0 aliphatic rings. The first-order valence-electron chi connectivity index (χ1n) is 4.59. The zero-order chi connectivity index (χ0) is 10.7. The average Bonchev–Trinajstić information content (AvgIpc) is 2.66. The van der Waals surface area contributed by atoms with E-state index in [1.807, 2.05) is 31.2 Å². The van der Waals surface area contributed by atoms with E-state index in [2.05, 4.69) is 10.2 Å². The molecule has 0 unspecified atom stereocenters. The van der Waals surface area contributed by atoms with Gasteiger partial charge in [0.2, 0.25) is 0 Å². The molecule has 0 amide bonds. The lowest BCUT2D eigenvalue weighted by Crippen LogP contribution is -1.93. The Kier molecular flexibility index (Phi) is 3.13. The number of aromatic amines is 1. The molecule has 15 heavy (non-hydrogen) atoms. The molecule has 0 aliphatic carbocycles. The van der Waals surface area contributed by atoms with Crippen molar-refractivity contribution in [3.63, 3.8) is 0 Å². The van der Waals surface area contributed by atoms with Gasteiger partial charge in [-0.15, -0.1) is 0 Å². The molecule has 3 nitrogen and oxygen atoms in total. The van der Waals surface area contributed by atoms with Crippen LogP contribution in [-0.4, -0.2) is 16.8 Å². The number of hydrogen-bond donors (Lipinski definition) is 1. The zero-order valence-corrected chi connectivity index (χ0v) is 9.82. The van der Waals surface area contributed by atoms with Crippen LogP contribution in [0.15, 0.2) is 24.3 Å². The standard InChI is InChI=1S/C10H10N2OS2/c1-2-13-8-6-4-3-5-7(8)9-11-12-10(14)15-9/h3-6H,2H2,1H3,(H,12,14). The van der Waals surface area contributed by atoms with Crippen molar-refractivity contribution in [1.82, 2.24) is 10.2 Å². The third-order valence-electron chi connectivity index (χ3n) is 1.86. The molecule has 1 aromatic carbocycles. The van der Waals surface area contributed by atoms with Crippen molar-refractivity contribution in [1.29, 1.82) is 0 Å². The lowest BCUT2D eigenvalue weighted by Gasteiger charge is -2.06. The van der Waals surface area contributed by atoms with E-state index in [-0.39, 0.29) is 0 Å². The molecule has 1 heterocycles. The monoisotopic (exact) mass is 238 g/mol. The summed E-state index contributed by atoms with van der Waals surface area (Å²) < 4.78 is 6.20. The number of benzene rings is 1. The fourth-order valence-electron chi connectivity index (χ4n) is 1.27.